The minimum Gasteiger partial charge on any atom is -0.337 e. The van der Waals surface area contributed by atoms with Gasteiger partial charge in [0.2, 0.25) is 0 Å². The molecule has 0 aliphatic carbocycles. The summed E-state index contributed by atoms with van der Waals surface area (Å²) in [7, 11) is 1.87. The quantitative estimate of drug-likeness (QED) is 0.934. The predicted octanol–water partition coefficient (Wildman–Crippen LogP) is 1.79. The van der Waals surface area contributed by atoms with Gasteiger partial charge >= 0.3 is 0 Å². The van der Waals surface area contributed by atoms with Crippen molar-refractivity contribution in [1.82, 2.24) is 20.0 Å². The van der Waals surface area contributed by atoms with Gasteiger partial charge in [-0.25, -0.2) is 0 Å². The van der Waals surface area contributed by atoms with Crippen LogP contribution < -0.4 is 5.32 Å². The summed E-state index contributed by atoms with van der Waals surface area (Å²) in [5.41, 5.74) is 1.83. The van der Waals surface area contributed by atoms with Crippen molar-refractivity contribution in [2.75, 3.05) is 20.1 Å². The van der Waals surface area contributed by atoms with Crippen LogP contribution in [0.5, 0.6) is 0 Å². The zero-order valence-corrected chi connectivity index (χ0v) is 13.4. The molecule has 0 saturated carbocycles. The number of nitrogens with one attached hydrogen (secondary N) is 1. The Balaban J connectivity index is 0.00000176. The smallest absolute Gasteiger partial charge is 0.257 e. The Labute approximate surface area is 136 Å². The van der Waals surface area contributed by atoms with Crippen molar-refractivity contribution in [3.05, 3.63) is 53.9 Å². The summed E-state index contributed by atoms with van der Waals surface area (Å²) in [6.07, 6.45) is 4.50. The van der Waals surface area contributed by atoms with E-state index in [-0.39, 0.29) is 24.4 Å². The van der Waals surface area contributed by atoms with Crippen LogP contribution in [-0.2, 0) is 6.54 Å². The summed E-state index contributed by atoms with van der Waals surface area (Å²) in [6.45, 7) is 2.54. The van der Waals surface area contributed by atoms with Crippen LogP contribution in [-0.4, -0.2) is 46.8 Å². The van der Waals surface area contributed by atoms with Gasteiger partial charge in [-0.15, -0.1) is 12.4 Å². The number of hydrogen-bond acceptors (Lipinski definition) is 3. The van der Waals surface area contributed by atoms with Crippen molar-refractivity contribution >= 4 is 18.3 Å². The SMILES string of the molecule is CN(C(=O)c1cnn(Cc2ccccc2)c1)C1CCNC1.Cl. The number of aromatic nitrogens is 2. The fourth-order valence-electron chi connectivity index (χ4n) is 2.67. The first-order valence-corrected chi connectivity index (χ1v) is 7.28. The minimum absolute atomic E-state index is 0. The van der Waals surface area contributed by atoms with Gasteiger partial charge in [-0.3, -0.25) is 9.48 Å². The van der Waals surface area contributed by atoms with Crippen LogP contribution in [0, 0.1) is 0 Å². The number of likely N-dealkylation sites (N-methyl/N-ethyl adjacent to an activating group) is 1. The lowest BCUT2D eigenvalue weighted by molar-refractivity contribution is 0.0743. The molecule has 2 heterocycles. The summed E-state index contributed by atoms with van der Waals surface area (Å²) < 4.78 is 1.81. The molecule has 1 fully saturated rings. The van der Waals surface area contributed by atoms with Crippen LogP contribution in [0.25, 0.3) is 0 Å². The molecule has 118 valence electrons. The molecule has 0 radical (unpaired) electrons. The maximum absolute atomic E-state index is 12.4. The Kier molecular flexibility index (Phi) is 5.57. The Bertz CT molecular complexity index is 608. The van der Waals surface area contributed by atoms with Crippen molar-refractivity contribution in [2.45, 2.75) is 19.0 Å². The Hall–Kier alpha value is -1.85. The molecule has 3 rings (SSSR count). The van der Waals surface area contributed by atoms with Gasteiger partial charge in [0, 0.05) is 25.8 Å². The van der Waals surface area contributed by atoms with Gasteiger partial charge in [0.15, 0.2) is 0 Å². The zero-order chi connectivity index (χ0) is 14.7. The molecule has 1 aromatic heterocycles. The maximum Gasteiger partial charge on any atom is 0.257 e. The Morgan fingerprint density at radius 1 is 1.41 bits per heavy atom. The molecule has 1 amide bonds. The first-order valence-electron chi connectivity index (χ1n) is 7.28. The van der Waals surface area contributed by atoms with E-state index in [1.807, 2.05) is 41.0 Å². The molecule has 1 aliphatic rings. The van der Waals surface area contributed by atoms with Crippen LogP contribution >= 0.6 is 12.4 Å². The Morgan fingerprint density at radius 3 is 2.86 bits per heavy atom. The van der Waals surface area contributed by atoms with Crippen molar-refractivity contribution in [3.8, 4) is 0 Å². The van der Waals surface area contributed by atoms with Gasteiger partial charge in [0.1, 0.15) is 0 Å². The molecule has 22 heavy (non-hydrogen) atoms. The predicted molar refractivity (Wildman–Crippen MR) is 88.4 cm³/mol. The number of carbonyl (C=O) groups is 1. The van der Waals surface area contributed by atoms with E-state index in [0.29, 0.717) is 12.1 Å². The number of nitrogens with zero attached hydrogens (tertiary/aromatic N) is 3. The molecule has 1 aliphatic heterocycles. The van der Waals surface area contributed by atoms with Gasteiger partial charge in [0.25, 0.3) is 5.91 Å². The fraction of sp³-hybridized carbons (Fsp3) is 0.375. The van der Waals surface area contributed by atoms with Crippen LogP contribution in [0.2, 0.25) is 0 Å². The standard InChI is InChI=1S/C16H20N4O.ClH/c1-19(15-7-8-17-10-15)16(21)14-9-18-20(12-14)11-13-5-3-2-4-6-13;/h2-6,9,12,15,17H,7-8,10-11H2,1H3;1H. The number of benzene rings is 1. The summed E-state index contributed by atoms with van der Waals surface area (Å²) in [6, 6.07) is 10.4. The second kappa shape index (κ2) is 7.42. The summed E-state index contributed by atoms with van der Waals surface area (Å²) in [4.78, 5) is 14.3. The summed E-state index contributed by atoms with van der Waals surface area (Å²) in [5, 5.41) is 7.58. The largest absolute Gasteiger partial charge is 0.337 e. The highest BCUT2D eigenvalue weighted by molar-refractivity contribution is 5.93. The van der Waals surface area contributed by atoms with Gasteiger partial charge in [-0.05, 0) is 18.5 Å². The topological polar surface area (TPSA) is 50.2 Å². The van der Waals surface area contributed by atoms with Crippen LogP contribution in [0.1, 0.15) is 22.3 Å². The third-order valence-electron chi connectivity index (χ3n) is 3.97. The number of amides is 1. The van der Waals surface area contributed by atoms with E-state index in [1.165, 1.54) is 5.56 Å². The third kappa shape index (κ3) is 3.67. The molecular formula is C16H21ClN4O. The lowest BCUT2D eigenvalue weighted by atomic mass is 10.2. The molecule has 0 bridgehead atoms. The van der Waals surface area contributed by atoms with E-state index in [4.69, 9.17) is 0 Å². The molecule has 6 heteroatoms. The zero-order valence-electron chi connectivity index (χ0n) is 12.6. The van der Waals surface area contributed by atoms with E-state index >= 15 is 0 Å². The average molecular weight is 321 g/mol. The molecule has 1 N–H and O–H groups in total. The lowest BCUT2D eigenvalue weighted by Gasteiger charge is -2.22. The minimum atomic E-state index is 0. The van der Waals surface area contributed by atoms with Crippen LogP contribution in [0.3, 0.4) is 0 Å². The lowest BCUT2D eigenvalue weighted by Crippen LogP contribution is -2.38. The highest BCUT2D eigenvalue weighted by Gasteiger charge is 2.24. The molecular weight excluding hydrogens is 300 g/mol. The number of hydrogen-bond donors (Lipinski definition) is 1. The number of rotatable bonds is 4. The van der Waals surface area contributed by atoms with Crippen molar-refractivity contribution in [3.63, 3.8) is 0 Å². The maximum atomic E-state index is 12.4. The van der Waals surface area contributed by atoms with Gasteiger partial charge in [-0.2, -0.15) is 5.10 Å². The van der Waals surface area contributed by atoms with Crippen molar-refractivity contribution in [2.24, 2.45) is 0 Å². The first-order chi connectivity index (χ1) is 10.2. The molecule has 1 saturated heterocycles. The molecule has 1 aromatic carbocycles. The summed E-state index contributed by atoms with van der Waals surface area (Å²) in [5.74, 6) is 0.0445. The number of carbonyl (C=O) groups excluding carboxylic acids is 1. The fourth-order valence-corrected chi connectivity index (χ4v) is 2.67. The second-order valence-electron chi connectivity index (χ2n) is 5.47. The highest BCUT2D eigenvalue weighted by Crippen LogP contribution is 2.11. The third-order valence-corrected chi connectivity index (χ3v) is 3.97. The molecule has 1 atom stereocenters. The van der Waals surface area contributed by atoms with Gasteiger partial charge in [-0.1, -0.05) is 30.3 Å². The van der Waals surface area contributed by atoms with Gasteiger partial charge in [0.05, 0.1) is 18.3 Å². The Morgan fingerprint density at radius 2 is 2.18 bits per heavy atom. The molecule has 5 nitrogen and oxygen atoms in total. The normalized spacial score (nSPS) is 17.0. The number of halogens is 1. The molecule has 0 spiro atoms. The van der Waals surface area contributed by atoms with E-state index < -0.39 is 0 Å². The van der Waals surface area contributed by atoms with E-state index in [1.54, 1.807) is 6.20 Å². The van der Waals surface area contributed by atoms with Crippen molar-refractivity contribution in [1.29, 1.82) is 0 Å². The van der Waals surface area contributed by atoms with E-state index in [2.05, 4.69) is 22.5 Å². The van der Waals surface area contributed by atoms with Crippen LogP contribution in [0.15, 0.2) is 42.7 Å². The van der Waals surface area contributed by atoms with Crippen LogP contribution in [0.4, 0.5) is 0 Å². The molecule has 2 aromatic rings. The van der Waals surface area contributed by atoms with Gasteiger partial charge < -0.3 is 10.2 Å². The monoisotopic (exact) mass is 320 g/mol. The first kappa shape index (κ1) is 16.5. The second-order valence-corrected chi connectivity index (χ2v) is 5.47. The highest BCUT2D eigenvalue weighted by atomic mass is 35.5. The molecule has 1 unspecified atom stereocenters. The summed E-state index contributed by atoms with van der Waals surface area (Å²) >= 11 is 0. The van der Waals surface area contributed by atoms with E-state index in [0.717, 1.165) is 19.5 Å². The average Bonchev–Trinajstić information content (AvgIpc) is 3.18. The van der Waals surface area contributed by atoms with E-state index in [9.17, 15) is 4.79 Å². The van der Waals surface area contributed by atoms with Crippen molar-refractivity contribution < 1.29 is 4.79 Å².